The second-order valence-corrected chi connectivity index (χ2v) is 3.11. The quantitative estimate of drug-likeness (QED) is 0.685. The molecule has 0 radical (unpaired) electrons. The molecule has 0 saturated carbocycles. The Balaban J connectivity index is 2.65. The normalized spacial score (nSPS) is 10.7. The number of nitrogens with two attached hydrogens (primary N) is 1. The van der Waals surface area contributed by atoms with Crippen molar-refractivity contribution in [3.63, 3.8) is 0 Å². The fourth-order valence-corrected chi connectivity index (χ4v) is 1.01. The molecule has 0 fully saturated rings. The Labute approximate surface area is 77.1 Å². The number of amides is 1. The van der Waals surface area contributed by atoms with Gasteiger partial charge in [-0.3, -0.25) is 9.48 Å². The molecule has 1 amide bonds. The summed E-state index contributed by atoms with van der Waals surface area (Å²) in [6, 6.07) is 1.62. The molecule has 0 aliphatic carbocycles. The maximum absolute atomic E-state index is 10.9. The molecule has 1 rings (SSSR count). The highest BCUT2D eigenvalue weighted by atomic mass is 16.1. The van der Waals surface area contributed by atoms with Crippen molar-refractivity contribution in [1.82, 2.24) is 14.7 Å². The lowest BCUT2D eigenvalue weighted by molar-refractivity contribution is 0.0989. The molecular formula is C8H14N4O. The molecule has 0 bridgehead atoms. The van der Waals surface area contributed by atoms with Gasteiger partial charge in [0.2, 0.25) is 0 Å². The van der Waals surface area contributed by atoms with Gasteiger partial charge in [-0.05, 0) is 20.2 Å². The Bertz CT molecular complexity index is 292. The van der Waals surface area contributed by atoms with E-state index in [2.05, 4.69) is 5.10 Å². The number of carbonyl (C=O) groups is 1. The van der Waals surface area contributed by atoms with Crippen molar-refractivity contribution in [1.29, 1.82) is 0 Å². The van der Waals surface area contributed by atoms with E-state index < -0.39 is 5.91 Å². The number of hydrogen-bond donors (Lipinski definition) is 1. The van der Waals surface area contributed by atoms with Gasteiger partial charge in [0.25, 0.3) is 5.91 Å². The molecule has 0 atom stereocenters. The zero-order chi connectivity index (χ0) is 9.84. The number of likely N-dealkylation sites (N-methyl/N-ethyl adjacent to an activating group) is 1. The average molecular weight is 182 g/mol. The van der Waals surface area contributed by atoms with Crippen LogP contribution in [0.15, 0.2) is 12.3 Å². The van der Waals surface area contributed by atoms with Gasteiger partial charge < -0.3 is 10.6 Å². The van der Waals surface area contributed by atoms with E-state index in [9.17, 15) is 4.79 Å². The number of carbonyl (C=O) groups excluding carboxylic acids is 1. The lowest BCUT2D eigenvalue weighted by atomic mass is 10.4. The third kappa shape index (κ3) is 2.55. The van der Waals surface area contributed by atoms with E-state index in [1.807, 2.05) is 19.0 Å². The first-order valence-electron chi connectivity index (χ1n) is 4.07. The third-order valence-electron chi connectivity index (χ3n) is 1.73. The molecular weight excluding hydrogens is 168 g/mol. The van der Waals surface area contributed by atoms with Crippen molar-refractivity contribution >= 4 is 5.91 Å². The highest BCUT2D eigenvalue weighted by Gasteiger charge is 2.07. The first-order valence-corrected chi connectivity index (χ1v) is 4.07. The second-order valence-electron chi connectivity index (χ2n) is 3.11. The van der Waals surface area contributed by atoms with Crippen LogP contribution in [0.4, 0.5) is 0 Å². The molecule has 0 aromatic carbocycles. The van der Waals surface area contributed by atoms with Gasteiger partial charge in [0.15, 0.2) is 0 Å². The predicted octanol–water partition coefficient (Wildman–Crippen LogP) is -0.456. The lowest BCUT2D eigenvalue weighted by Crippen LogP contribution is -2.23. The number of aromatic nitrogens is 2. The molecule has 1 aromatic heterocycles. The molecule has 1 heterocycles. The summed E-state index contributed by atoms with van der Waals surface area (Å²) >= 11 is 0. The van der Waals surface area contributed by atoms with Crippen molar-refractivity contribution in [3.05, 3.63) is 18.0 Å². The van der Waals surface area contributed by atoms with Crippen LogP contribution >= 0.6 is 0 Å². The zero-order valence-electron chi connectivity index (χ0n) is 7.90. The van der Waals surface area contributed by atoms with Crippen LogP contribution in [0.1, 0.15) is 10.5 Å². The fourth-order valence-electron chi connectivity index (χ4n) is 1.01. The summed E-state index contributed by atoms with van der Waals surface area (Å²) in [6.45, 7) is 1.51. The molecule has 1 aromatic rings. The van der Waals surface area contributed by atoms with Crippen LogP contribution in [0.25, 0.3) is 0 Å². The van der Waals surface area contributed by atoms with Crippen LogP contribution in [-0.4, -0.2) is 41.2 Å². The van der Waals surface area contributed by atoms with E-state index >= 15 is 0 Å². The Hall–Kier alpha value is -1.36. The second kappa shape index (κ2) is 4.04. The summed E-state index contributed by atoms with van der Waals surface area (Å²) in [5.41, 5.74) is 5.61. The number of hydrogen-bond acceptors (Lipinski definition) is 3. The van der Waals surface area contributed by atoms with E-state index in [4.69, 9.17) is 5.73 Å². The summed E-state index contributed by atoms with van der Waals surface area (Å²) in [6.07, 6.45) is 1.58. The molecule has 0 unspecified atom stereocenters. The number of rotatable bonds is 4. The molecule has 72 valence electrons. The van der Waals surface area contributed by atoms with Gasteiger partial charge in [0.05, 0.1) is 6.54 Å². The molecule has 0 spiro atoms. The molecule has 5 heteroatoms. The summed E-state index contributed by atoms with van der Waals surface area (Å²) < 4.78 is 1.61. The van der Waals surface area contributed by atoms with Crippen molar-refractivity contribution in [2.45, 2.75) is 6.54 Å². The summed E-state index contributed by atoms with van der Waals surface area (Å²) in [4.78, 5) is 12.9. The smallest absolute Gasteiger partial charge is 0.266 e. The summed E-state index contributed by atoms with van der Waals surface area (Å²) in [7, 11) is 3.93. The maximum Gasteiger partial charge on any atom is 0.266 e. The first kappa shape index (κ1) is 9.73. The average Bonchev–Trinajstić information content (AvgIpc) is 2.47. The minimum atomic E-state index is -0.434. The Kier molecular flexibility index (Phi) is 3.02. The largest absolute Gasteiger partial charge is 0.364 e. The van der Waals surface area contributed by atoms with Gasteiger partial charge >= 0.3 is 0 Å². The van der Waals surface area contributed by atoms with E-state index in [-0.39, 0.29) is 0 Å². The summed E-state index contributed by atoms with van der Waals surface area (Å²) in [5.74, 6) is -0.434. The van der Waals surface area contributed by atoms with E-state index in [1.165, 1.54) is 0 Å². The van der Waals surface area contributed by atoms with Crippen LogP contribution < -0.4 is 5.73 Å². The van der Waals surface area contributed by atoms with Gasteiger partial charge in [0, 0.05) is 12.7 Å². The minimum Gasteiger partial charge on any atom is -0.364 e. The first-order chi connectivity index (χ1) is 6.11. The van der Waals surface area contributed by atoms with E-state index in [1.54, 1.807) is 16.9 Å². The molecule has 13 heavy (non-hydrogen) atoms. The Morgan fingerprint density at radius 1 is 1.69 bits per heavy atom. The van der Waals surface area contributed by atoms with Crippen LogP contribution in [0, 0.1) is 0 Å². The zero-order valence-corrected chi connectivity index (χ0v) is 7.90. The van der Waals surface area contributed by atoms with Crippen LogP contribution in [0.3, 0.4) is 0 Å². The number of nitrogens with zero attached hydrogens (tertiary/aromatic N) is 3. The van der Waals surface area contributed by atoms with Gasteiger partial charge in [-0.25, -0.2) is 0 Å². The lowest BCUT2D eigenvalue weighted by Gasteiger charge is -2.10. The van der Waals surface area contributed by atoms with E-state index in [0.29, 0.717) is 12.2 Å². The highest BCUT2D eigenvalue weighted by molar-refractivity contribution is 5.90. The minimum absolute atomic E-state index is 0.434. The van der Waals surface area contributed by atoms with Crippen molar-refractivity contribution < 1.29 is 4.79 Å². The van der Waals surface area contributed by atoms with Gasteiger partial charge in [0.1, 0.15) is 5.69 Å². The number of primary amides is 1. The monoisotopic (exact) mass is 182 g/mol. The highest BCUT2D eigenvalue weighted by Crippen LogP contribution is 1.97. The molecule has 0 aliphatic heterocycles. The molecule has 2 N–H and O–H groups in total. The van der Waals surface area contributed by atoms with Gasteiger partial charge in [-0.1, -0.05) is 0 Å². The van der Waals surface area contributed by atoms with Crippen molar-refractivity contribution in [3.8, 4) is 0 Å². The Morgan fingerprint density at radius 3 is 2.92 bits per heavy atom. The SMILES string of the molecule is CN(C)CCn1nccc1C(N)=O. The maximum atomic E-state index is 10.9. The Morgan fingerprint density at radius 2 is 2.38 bits per heavy atom. The standard InChI is InChI=1S/C8H14N4O/c1-11(2)5-6-12-7(8(9)13)3-4-10-12/h3-4H,5-6H2,1-2H3,(H2,9,13). The molecule has 0 aliphatic rings. The van der Waals surface area contributed by atoms with Crippen molar-refractivity contribution in [2.24, 2.45) is 5.73 Å². The summed E-state index contributed by atoms with van der Waals surface area (Å²) in [5, 5.41) is 4.00. The molecule has 5 nitrogen and oxygen atoms in total. The third-order valence-corrected chi connectivity index (χ3v) is 1.73. The fraction of sp³-hybridized carbons (Fsp3) is 0.500. The van der Waals surface area contributed by atoms with E-state index in [0.717, 1.165) is 6.54 Å². The topological polar surface area (TPSA) is 64.2 Å². The molecule has 0 saturated heterocycles. The van der Waals surface area contributed by atoms with Crippen LogP contribution in [0.5, 0.6) is 0 Å². The van der Waals surface area contributed by atoms with Gasteiger partial charge in [-0.2, -0.15) is 5.10 Å². The van der Waals surface area contributed by atoms with Gasteiger partial charge in [-0.15, -0.1) is 0 Å². The van der Waals surface area contributed by atoms with Crippen molar-refractivity contribution in [2.75, 3.05) is 20.6 Å². The van der Waals surface area contributed by atoms with Crippen LogP contribution in [0.2, 0.25) is 0 Å². The predicted molar refractivity (Wildman–Crippen MR) is 49.3 cm³/mol. The van der Waals surface area contributed by atoms with Crippen LogP contribution in [-0.2, 0) is 6.54 Å².